The van der Waals surface area contributed by atoms with E-state index in [1.54, 1.807) is 0 Å². The maximum atomic E-state index is 5.81. The van der Waals surface area contributed by atoms with Crippen LogP contribution < -0.4 is 5.73 Å². The summed E-state index contributed by atoms with van der Waals surface area (Å²) >= 11 is 0. The fraction of sp³-hybridized carbons (Fsp3) is 1.00. The molecule has 2 N–H and O–H groups in total. The van der Waals surface area contributed by atoms with Gasteiger partial charge >= 0.3 is 0 Å². The van der Waals surface area contributed by atoms with Gasteiger partial charge in [0.15, 0.2) is 0 Å². The fourth-order valence-corrected chi connectivity index (χ4v) is 3.12. The molecule has 3 rings (SSSR count). The van der Waals surface area contributed by atoms with E-state index in [0.29, 0.717) is 11.5 Å². The van der Waals surface area contributed by atoms with Crippen molar-refractivity contribution in [2.75, 3.05) is 26.3 Å². The van der Waals surface area contributed by atoms with Crippen LogP contribution in [0.4, 0.5) is 0 Å². The van der Waals surface area contributed by atoms with Gasteiger partial charge in [0.05, 0.1) is 0 Å². The Hall–Kier alpha value is -0.120. The molecule has 0 unspecified atom stereocenters. The third kappa shape index (κ3) is 1.38. The second kappa shape index (κ2) is 3.19. The maximum Gasteiger partial charge on any atom is 0.0472 e. The predicted octanol–water partition coefficient (Wildman–Crippen LogP) is 0.588. The van der Waals surface area contributed by atoms with Crippen molar-refractivity contribution in [3.05, 3.63) is 0 Å². The van der Waals surface area contributed by atoms with Crippen LogP contribution in [0.25, 0.3) is 0 Å². The fourth-order valence-electron chi connectivity index (χ4n) is 3.12. The molecule has 0 atom stereocenters. The summed E-state index contributed by atoms with van der Waals surface area (Å²) in [6.07, 6.45) is 5.02. The van der Waals surface area contributed by atoms with Gasteiger partial charge in [0.25, 0.3) is 0 Å². The van der Waals surface area contributed by atoms with Crippen molar-refractivity contribution in [3.63, 3.8) is 0 Å². The lowest BCUT2D eigenvalue weighted by atomic mass is 9.70. The molecule has 3 heteroatoms. The molecular weight excluding hydrogens is 176 g/mol. The van der Waals surface area contributed by atoms with Gasteiger partial charge in [0.2, 0.25) is 0 Å². The van der Waals surface area contributed by atoms with E-state index in [9.17, 15) is 0 Å². The highest BCUT2D eigenvalue weighted by molar-refractivity contribution is 5.02. The van der Waals surface area contributed by atoms with Gasteiger partial charge in [-0.25, -0.2) is 0 Å². The highest BCUT2D eigenvalue weighted by Gasteiger charge is 2.48. The Morgan fingerprint density at radius 3 is 2.36 bits per heavy atom. The minimum absolute atomic E-state index is 0.492. The van der Waals surface area contributed by atoms with Crippen molar-refractivity contribution in [3.8, 4) is 0 Å². The summed E-state index contributed by atoms with van der Waals surface area (Å²) in [5.74, 6) is 0. The van der Waals surface area contributed by atoms with Gasteiger partial charge in [0, 0.05) is 43.8 Å². The van der Waals surface area contributed by atoms with Gasteiger partial charge in [0.1, 0.15) is 0 Å². The molecule has 3 aliphatic rings. The van der Waals surface area contributed by atoms with Crippen LogP contribution in [0, 0.1) is 5.41 Å². The molecule has 0 aromatic carbocycles. The zero-order chi connectivity index (χ0) is 9.60. The highest BCUT2D eigenvalue weighted by atomic mass is 16.5. The van der Waals surface area contributed by atoms with Gasteiger partial charge in [-0.1, -0.05) is 0 Å². The molecule has 80 valence electrons. The van der Waals surface area contributed by atoms with Crippen LogP contribution >= 0.6 is 0 Å². The summed E-state index contributed by atoms with van der Waals surface area (Å²) in [5, 5.41) is 0. The molecule has 1 spiro atoms. The normalized spacial score (nSPS) is 41.8. The van der Waals surface area contributed by atoms with Gasteiger partial charge in [-0.05, 0) is 25.7 Å². The summed E-state index contributed by atoms with van der Waals surface area (Å²) in [4.78, 5) is 2.63. The first-order chi connectivity index (χ1) is 6.77. The Bertz CT molecular complexity index is 211. The van der Waals surface area contributed by atoms with E-state index in [-0.39, 0.29) is 0 Å². The Balaban J connectivity index is 1.50. The standard InChI is InChI=1S/C11H20N2O/c12-9-5-10(6-9)13-7-11(8-13)1-3-14-4-2-11/h9-10H,1-8,12H2. The first kappa shape index (κ1) is 9.13. The number of ether oxygens (including phenoxy) is 1. The van der Waals surface area contributed by atoms with E-state index < -0.39 is 0 Å². The molecule has 14 heavy (non-hydrogen) atoms. The topological polar surface area (TPSA) is 38.5 Å². The Kier molecular flexibility index (Phi) is 2.08. The Labute approximate surface area is 85.6 Å². The van der Waals surface area contributed by atoms with Crippen molar-refractivity contribution in [2.24, 2.45) is 11.1 Å². The van der Waals surface area contributed by atoms with E-state index in [1.165, 1.54) is 38.8 Å². The average Bonchev–Trinajstić information content (AvgIpc) is 2.11. The Morgan fingerprint density at radius 1 is 1.14 bits per heavy atom. The van der Waals surface area contributed by atoms with Crippen LogP contribution in [-0.2, 0) is 4.74 Å². The lowest BCUT2D eigenvalue weighted by Gasteiger charge is -2.57. The average molecular weight is 196 g/mol. The first-order valence-corrected chi connectivity index (χ1v) is 5.85. The largest absolute Gasteiger partial charge is 0.381 e. The molecule has 2 saturated heterocycles. The van der Waals surface area contributed by atoms with E-state index in [4.69, 9.17) is 10.5 Å². The number of hydrogen-bond acceptors (Lipinski definition) is 3. The third-order valence-electron chi connectivity index (χ3n) is 4.30. The molecule has 0 aromatic heterocycles. The van der Waals surface area contributed by atoms with Crippen LogP contribution in [0.5, 0.6) is 0 Å². The molecule has 3 fully saturated rings. The van der Waals surface area contributed by atoms with E-state index in [2.05, 4.69) is 4.90 Å². The number of likely N-dealkylation sites (tertiary alicyclic amines) is 1. The van der Waals surface area contributed by atoms with Gasteiger partial charge < -0.3 is 10.5 Å². The second-order valence-electron chi connectivity index (χ2n) is 5.40. The van der Waals surface area contributed by atoms with Crippen molar-refractivity contribution in [2.45, 2.75) is 37.8 Å². The van der Waals surface area contributed by atoms with Crippen LogP contribution in [0.1, 0.15) is 25.7 Å². The molecule has 3 nitrogen and oxygen atoms in total. The van der Waals surface area contributed by atoms with Crippen molar-refractivity contribution in [1.29, 1.82) is 0 Å². The smallest absolute Gasteiger partial charge is 0.0472 e. The quantitative estimate of drug-likeness (QED) is 0.667. The lowest BCUT2D eigenvalue weighted by Crippen LogP contribution is -2.65. The maximum absolute atomic E-state index is 5.81. The number of nitrogens with two attached hydrogens (primary N) is 1. The molecule has 2 heterocycles. The van der Waals surface area contributed by atoms with Crippen molar-refractivity contribution >= 4 is 0 Å². The third-order valence-corrected chi connectivity index (χ3v) is 4.30. The highest BCUT2D eigenvalue weighted by Crippen LogP contribution is 2.43. The number of hydrogen-bond donors (Lipinski definition) is 1. The summed E-state index contributed by atoms with van der Waals surface area (Å²) in [5.41, 5.74) is 6.45. The summed E-state index contributed by atoms with van der Waals surface area (Å²) < 4.78 is 5.42. The van der Waals surface area contributed by atoms with Gasteiger partial charge in [-0.2, -0.15) is 0 Å². The van der Waals surface area contributed by atoms with E-state index in [0.717, 1.165) is 19.3 Å². The van der Waals surface area contributed by atoms with Crippen LogP contribution in [-0.4, -0.2) is 43.3 Å². The molecule has 0 amide bonds. The minimum atomic E-state index is 0.492. The van der Waals surface area contributed by atoms with Crippen LogP contribution in [0.15, 0.2) is 0 Å². The predicted molar refractivity (Wildman–Crippen MR) is 55.1 cm³/mol. The molecule has 0 aromatic rings. The summed E-state index contributed by atoms with van der Waals surface area (Å²) in [6.45, 7) is 4.59. The number of rotatable bonds is 1. The molecule has 2 aliphatic heterocycles. The van der Waals surface area contributed by atoms with E-state index >= 15 is 0 Å². The second-order valence-corrected chi connectivity index (χ2v) is 5.40. The van der Waals surface area contributed by atoms with E-state index in [1.807, 2.05) is 0 Å². The monoisotopic (exact) mass is 196 g/mol. The van der Waals surface area contributed by atoms with Crippen LogP contribution in [0.3, 0.4) is 0 Å². The van der Waals surface area contributed by atoms with Gasteiger partial charge in [-0.3, -0.25) is 4.90 Å². The zero-order valence-electron chi connectivity index (χ0n) is 8.74. The molecular formula is C11H20N2O. The van der Waals surface area contributed by atoms with Crippen molar-refractivity contribution in [1.82, 2.24) is 4.90 Å². The van der Waals surface area contributed by atoms with Crippen LogP contribution in [0.2, 0.25) is 0 Å². The molecule has 0 bridgehead atoms. The Morgan fingerprint density at radius 2 is 1.79 bits per heavy atom. The minimum Gasteiger partial charge on any atom is -0.381 e. The molecule has 1 saturated carbocycles. The molecule has 0 radical (unpaired) electrons. The summed E-state index contributed by atoms with van der Waals surface area (Å²) in [7, 11) is 0. The van der Waals surface area contributed by atoms with Crippen molar-refractivity contribution < 1.29 is 4.74 Å². The van der Waals surface area contributed by atoms with Gasteiger partial charge in [-0.15, -0.1) is 0 Å². The zero-order valence-corrected chi connectivity index (χ0v) is 8.74. The summed E-state index contributed by atoms with van der Waals surface area (Å²) in [6, 6.07) is 1.31. The molecule has 1 aliphatic carbocycles. The number of nitrogens with zero attached hydrogens (tertiary/aromatic N) is 1. The lowest BCUT2D eigenvalue weighted by molar-refractivity contribution is -0.111. The SMILES string of the molecule is NC1CC(N2CC3(CCOCC3)C2)C1. The first-order valence-electron chi connectivity index (χ1n) is 5.85.